The third kappa shape index (κ3) is 2.47. The molecule has 2 aromatic rings. The largest absolute Gasteiger partial charge is 0.496 e. The minimum absolute atomic E-state index is 0.128. The van der Waals surface area contributed by atoms with Crippen molar-refractivity contribution in [3.63, 3.8) is 0 Å². The number of ether oxygens (including phenoxy) is 1. The van der Waals surface area contributed by atoms with Gasteiger partial charge in [-0.05, 0) is 36.8 Å². The maximum atomic E-state index is 13.8. The number of carbonyl (C=O) groups excluding carboxylic acids is 1. The average molecular weight is 262 g/mol. The molecule has 4 heteroatoms. The number of hydrogen-bond donors (Lipinski definition) is 0. The molecule has 19 heavy (non-hydrogen) atoms. The normalized spacial score (nSPS) is 10.3. The third-order valence-corrected chi connectivity index (χ3v) is 2.87. The molecule has 0 saturated carbocycles. The Morgan fingerprint density at radius 3 is 2.58 bits per heavy atom. The predicted molar refractivity (Wildman–Crippen MR) is 67.5 cm³/mol. The van der Waals surface area contributed by atoms with Crippen molar-refractivity contribution in [1.82, 2.24) is 0 Å². The lowest BCUT2D eigenvalue weighted by Crippen LogP contribution is -2.09. The molecule has 0 aliphatic heterocycles. The first-order valence-electron chi connectivity index (χ1n) is 5.68. The van der Waals surface area contributed by atoms with Crippen molar-refractivity contribution >= 4 is 5.78 Å². The summed E-state index contributed by atoms with van der Waals surface area (Å²) in [6.45, 7) is 1.67. The van der Waals surface area contributed by atoms with Crippen molar-refractivity contribution in [2.45, 2.75) is 6.92 Å². The molecule has 98 valence electrons. The minimum atomic E-state index is -0.687. The van der Waals surface area contributed by atoms with Crippen LogP contribution < -0.4 is 4.74 Å². The van der Waals surface area contributed by atoms with Crippen molar-refractivity contribution in [1.29, 1.82) is 0 Å². The quantitative estimate of drug-likeness (QED) is 0.791. The van der Waals surface area contributed by atoms with Gasteiger partial charge in [0.2, 0.25) is 0 Å². The van der Waals surface area contributed by atoms with Crippen molar-refractivity contribution in [2.75, 3.05) is 7.11 Å². The van der Waals surface area contributed by atoms with Gasteiger partial charge in [0.15, 0.2) is 5.78 Å². The molecule has 0 aliphatic rings. The number of carbonyl (C=O) groups is 1. The standard InChI is InChI=1S/C15H12F2O2/c1-9-6-7-10(16)8-11(9)15(18)14-12(17)4-3-5-13(14)19-2/h3-8H,1-2H3. The molecular weight excluding hydrogens is 250 g/mol. The molecule has 2 nitrogen and oxygen atoms in total. The van der Waals surface area contributed by atoms with E-state index < -0.39 is 17.4 Å². The van der Waals surface area contributed by atoms with Crippen LogP contribution in [0.2, 0.25) is 0 Å². The van der Waals surface area contributed by atoms with E-state index in [2.05, 4.69) is 0 Å². The van der Waals surface area contributed by atoms with Gasteiger partial charge >= 0.3 is 0 Å². The topological polar surface area (TPSA) is 26.3 Å². The first kappa shape index (κ1) is 13.2. The second-order valence-corrected chi connectivity index (χ2v) is 4.11. The van der Waals surface area contributed by atoms with E-state index in [1.54, 1.807) is 6.92 Å². The monoisotopic (exact) mass is 262 g/mol. The molecule has 0 aliphatic carbocycles. The number of hydrogen-bond acceptors (Lipinski definition) is 2. The Morgan fingerprint density at radius 2 is 1.89 bits per heavy atom. The maximum absolute atomic E-state index is 13.8. The Hall–Kier alpha value is -2.23. The second-order valence-electron chi connectivity index (χ2n) is 4.11. The van der Waals surface area contributed by atoms with Gasteiger partial charge in [-0.2, -0.15) is 0 Å². The summed E-state index contributed by atoms with van der Waals surface area (Å²) in [4.78, 5) is 12.3. The SMILES string of the molecule is COc1cccc(F)c1C(=O)c1cc(F)ccc1C. The molecule has 0 atom stereocenters. The van der Waals surface area contributed by atoms with Gasteiger partial charge in [-0.15, -0.1) is 0 Å². The van der Waals surface area contributed by atoms with Gasteiger partial charge in [-0.1, -0.05) is 12.1 Å². The van der Waals surface area contributed by atoms with Crippen LogP contribution in [0.1, 0.15) is 21.5 Å². The van der Waals surface area contributed by atoms with Crippen LogP contribution in [0.4, 0.5) is 8.78 Å². The fourth-order valence-electron chi connectivity index (χ4n) is 1.87. The lowest BCUT2D eigenvalue weighted by molar-refractivity contribution is 0.103. The average Bonchev–Trinajstić information content (AvgIpc) is 2.40. The summed E-state index contributed by atoms with van der Waals surface area (Å²) in [7, 11) is 1.35. The first-order valence-corrected chi connectivity index (χ1v) is 5.68. The van der Waals surface area contributed by atoms with Crippen molar-refractivity contribution in [3.05, 3.63) is 64.7 Å². The van der Waals surface area contributed by atoms with Crippen LogP contribution in [0.5, 0.6) is 5.75 Å². The number of halogens is 2. The van der Waals surface area contributed by atoms with Crippen molar-refractivity contribution in [2.24, 2.45) is 0 Å². The molecule has 0 saturated heterocycles. The lowest BCUT2D eigenvalue weighted by Gasteiger charge is -2.10. The van der Waals surface area contributed by atoms with Crippen LogP contribution in [0.3, 0.4) is 0 Å². The Labute approximate surface area is 109 Å². The van der Waals surface area contributed by atoms with Gasteiger partial charge in [-0.3, -0.25) is 4.79 Å². The van der Waals surface area contributed by atoms with Gasteiger partial charge in [0.05, 0.1) is 7.11 Å². The molecule has 0 spiro atoms. The Kier molecular flexibility index (Phi) is 3.60. The zero-order valence-corrected chi connectivity index (χ0v) is 10.5. The van der Waals surface area contributed by atoms with E-state index in [1.807, 2.05) is 0 Å². The molecule has 0 heterocycles. The first-order chi connectivity index (χ1) is 9.04. The lowest BCUT2D eigenvalue weighted by atomic mass is 9.98. The highest BCUT2D eigenvalue weighted by Gasteiger charge is 2.21. The van der Waals surface area contributed by atoms with Crippen LogP contribution in [0.15, 0.2) is 36.4 Å². The predicted octanol–water partition coefficient (Wildman–Crippen LogP) is 3.51. The van der Waals surface area contributed by atoms with Gasteiger partial charge in [-0.25, -0.2) is 8.78 Å². The highest BCUT2D eigenvalue weighted by molar-refractivity contribution is 6.11. The fourth-order valence-corrected chi connectivity index (χ4v) is 1.87. The second kappa shape index (κ2) is 5.18. The Balaban J connectivity index is 2.59. The molecule has 2 rings (SSSR count). The highest BCUT2D eigenvalue weighted by atomic mass is 19.1. The maximum Gasteiger partial charge on any atom is 0.200 e. The van der Waals surface area contributed by atoms with Crippen LogP contribution in [0, 0.1) is 18.6 Å². The summed E-state index contributed by atoms with van der Waals surface area (Å²) in [5.74, 6) is -1.68. The van der Waals surface area contributed by atoms with Gasteiger partial charge in [0.1, 0.15) is 22.9 Å². The zero-order valence-electron chi connectivity index (χ0n) is 10.5. The van der Waals surface area contributed by atoms with E-state index in [4.69, 9.17) is 4.74 Å². The number of rotatable bonds is 3. The summed E-state index contributed by atoms with van der Waals surface area (Å²) >= 11 is 0. The zero-order chi connectivity index (χ0) is 14.0. The molecule has 2 aromatic carbocycles. The van der Waals surface area contributed by atoms with Gasteiger partial charge in [0.25, 0.3) is 0 Å². The summed E-state index contributed by atoms with van der Waals surface area (Å²) in [5, 5.41) is 0. The number of benzene rings is 2. The van der Waals surface area contributed by atoms with E-state index in [-0.39, 0.29) is 16.9 Å². The van der Waals surface area contributed by atoms with Crippen molar-refractivity contribution in [3.8, 4) is 5.75 Å². The van der Waals surface area contributed by atoms with E-state index in [9.17, 15) is 13.6 Å². The molecule has 0 radical (unpaired) electrons. The Morgan fingerprint density at radius 1 is 1.16 bits per heavy atom. The van der Waals surface area contributed by atoms with Crippen LogP contribution in [-0.4, -0.2) is 12.9 Å². The minimum Gasteiger partial charge on any atom is -0.496 e. The van der Waals surface area contributed by atoms with E-state index in [1.165, 1.54) is 37.4 Å². The Bertz CT molecular complexity index is 636. The third-order valence-electron chi connectivity index (χ3n) is 2.87. The molecule has 0 bridgehead atoms. The molecule has 0 N–H and O–H groups in total. The molecule has 0 fully saturated rings. The molecule has 0 amide bonds. The molecule has 0 unspecified atom stereocenters. The molecular formula is C15H12F2O2. The van der Waals surface area contributed by atoms with Crippen LogP contribution >= 0.6 is 0 Å². The van der Waals surface area contributed by atoms with E-state index >= 15 is 0 Å². The van der Waals surface area contributed by atoms with Crippen molar-refractivity contribution < 1.29 is 18.3 Å². The number of ketones is 1. The van der Waals surface area contributed by atoms with Gasteiger partial charge < -0.3 is 4.74 Å². The summed E-state index contributed by atoms with van der Waals surface area (Å²) in [5.41, 5.74) is 0.527. The summed E-state index contributed by atoms with van der Waals surface area (Å²) in [6.07, 6.45) is 0. The van der Waals surface area contributed by atoms with E-state index in [0.717, 1.165) is 6.07 Å². The van der Waals surface area contributed by atoms with E-state index in [0.29, 0.717) is 5.56 Å². The van der Waals surface area contributed by atoms with Crippen LogP contribution in [0.25, 0.3) is 0 Å². The summed E-state index contributed by atoms with van der Waals surface area (Å²) in [6, 6.07) is 7.95. The number of methoxy groups -OCH3 is 1. The van der Waals surface area contributed by atoms with Gasteiger partial charge in [0, 0.05) is 5.56 Å². The number of aryl methyl sites for hydroxylation is 1. The molecule has 0 aromatic heterocycles. The van der Waals surface area contributed by atoms with Crippen LogP contribution in [-0.2, 0) is 0 Å². The fraction of sp³-hybridized carbons (Fsp3) is 0.133. The smallest absolute Gasteiger partial charge is 0.200 e. The highest BCUT2D eigenvalue weighted by Crippen LogP contribution is 2.25. The summed E-state index contributed by atoms with van der Waals surface area (Å²) < 4.78 is 32.0.